The van der Waals surface area contributed by atoms with Crippen LogP contribution in [0.15, 0.2) is 0 Å². The van der Waals surface area contributed by atoms with E-state index in [-0.39, 0.29) is 6.54 Å². The van der Waals surface area contributed by atoms with E-state index in [9.17, 15) is 4.79 Å². The van der Waals surface area contributed by atoms with Crippen LogP contribution in [0.25, 0.3) is 0 Å². The van der Waals surface area contributed by atoms with Gasteiger partial charge in [0.25, 0.3) is 0 Å². The summed E-state index contributed by atoms with van der Waals surface area (Å²) in [5.74, 6) is -0.724. The molecule has 13 heavy (non-hydrogen) atoms. The predicted molar refractivity (Wildman–Crippen MR) is 50.6 cm³/mol. The topological polar surface area (TPSA) is 43.8 Å². The highest BCUT2D eigenvalue weighted by Crippen LogP contribution is 2.05. The fourth-order valence-electron chi connectivity index (χ4n) is 1.76. The molecule has 0 aromatic rings. The van der Waals surface area contributed by atoms with Crippen LogP contribution in [0, 0.1) is 0 Å². The number of rotatable bonds is 4. The maximum absolute atomic E-state index is 10.5. The van der Waals surface area contributed by atoms with Crippen molar-refractivity contribution in [2.45, 2.75) is 19.8 Å². The fourth-order valence-corrected chi connectivity index (χ4v) is 1.76. The summed E-state index contributed by atoms with van der Waals surface area (Å²) in [6.07, 6.45) is 2.23. The Hall–Kier alpha value is -0.610. The van der Waals surface area contributed by atoms with Gasteiger partial charge in [-0.3, -0.25) is 14.6 Å². The SMILES string of the molecule is CCCN1CCCN(CC(=O)O)C1. The second-order valence-corrected chi connectivity index (χ2v) is 3.56. The van der Waals surface area contributed by atoms with Gasteiger partial charge in [0.05, 0.1) is 13.2 Å². The predicted octanol–water partition coefficient (Wildman–Crippen LogP) is 0.446. The fraction of sp³-hybridized carbons (Fsp3) is 0.889. The van der Waals surface area contributed by atoms with Crippen molar-refractivity contribution in [2.24, 2.45) is 0 Å². The molecular weight excluding hydrogens is 168 g/mol. The highest BCUT2D eigenvalue weighted by Gasteiger charge is 2.17. The molecule has 0 amide bonds. The molecule has 0 aliphatic carbocycles. The second-order valence-electron chi connectivity index (χ2n) is 3.56. The number of carboxylic acid groups (broad SMARTS) is 1. The van der Waals surface area contributed by atoms with E-state index in [1.165, 1.54) is 0 Å². The van der Waals surface area contributed by atoms with E-state index in [1.807, 2.05) is 4.90 Å². The van der Waals surface area contributed by atoms with Crippen molar-refractivity contribution in [2.75, 3.05) is 32.8 Å². The number of carboxylic acids is 1. The Kier molecular flexibility index (Phi) is 4.18. The molecule has 0 unspecified atom stereocenters. The Balaban J connectivity index is 2.28. The van der Waals surface area contributed by atoms with E-state index in [2.05, 4.69) is 11.8 Å². The highest BCUT2D eigenvalue weighted by atomic mass is 16.4. The minimum absolute atomic E-state index is 0.181. The average Bonchev–Trinajstić information content (AvgIpc) is 2.04. The van der Waals surface area contributed by atoms with Crippen LogP contribution in [-0.2, 0) is 4.79 Å². The first-order valence-electron chi connectivity index (χ1n) is 4.89. The smallest absolute Gasteiger partial charge is 0.317 e. The molecule has 4 heteroatoms. The normalized spacial score (nSPS) is 20.4. The summed E-state index contributed by atoms with van der Waals surface area (Å²) in [6.45, 7) is 6.27. The zero-order valence-electron chi connectivity index (χ0n) is 8.20. The van der Waals surface area contributed by atoms with Gasteiger partial charge in [-0.25, -0.2) is 0 Å². The molecule has 0 atom stereocenters. The van der Waals surface area contributed by atoms with Gasteiger partial charge in [-0.1, -0.05) is 6.92 Å². The van der Waals surface area contributed by atoms with Crippen molar-refractivity contribution in [1.29, 1.82) is 0 Å². The Morgan fingerprint density at radius 2 is 2.08 bits per heavy atom. The van der Waals surface area contributed by atoms with Crippen LogP contribution in [0.4, 0.5) is 0 Å². The summed E-state index contributed by atoms with van der Waals surface area (Å²) >= 11 is 0. The third kappa shape index (κ3) is 3.74. The van der Waals surface area contributed by atoms with Crippen LogP contribution in [0.5, 0.6) is 0 Å². The highest BCUT2D eigenvalue weighted by molar-refractivity contribution is 5.69. The van der Waals surface area contributed by atoms with E-state index in [1.54, 1.807) is 0 Å². The lowest BCUT2D eigenvalue weighted by Gasteiger charge is -2.34. The molecule has 0 bridgehead atoms. The van der Waals surface area contributed by atoms with Crippen molar-refractivity contribution in [3.05, 3.63) is 0 Å². The Labute approximate surface area is 79.1 Å². The molecule has 0 aromatic heterocycles. The minimum Gasteiger partial charge on any atom is -0.480 e. The summed E-state index contributed by atoms with van der Waals surface area (Å²) in [6, 6.07) is 0. The van der Waals surface area contributed by atoms with E-state index < -0.39 is 5.97 Å². The minimum atomic E-state index is -0.724. The first-order chi connectivity index (χ1) is 6.22. The van der Waals surface area contributed by atoms with E-state index >= 15 is 0 Å². The molecule has 1 N–H and O–H groups in total. The van der Waals surface area contributed by atoms with Crippen LogP contribution >= 0.6 is 0 Å². The molecule has 0 saturated carbocycles. The summed E-state index contributed by atoms with van der Waals surface area (Å²) in [4.78, 5) is 14.8. The van der Waals surface area contributed by atoms with Gasteiger partial charge >= 0.3 is 5.97 Å². The molecule has 0 spiro atoms. The standard InChI is InChI=1S/C9H18N2O2/c1-2-4-10-5-3-6-11(8-10)7-9(12)13/h2-8H2,1H3,(H,12,13). The van der Waals surface area contributed by atoms with Crippen molar-refractivity contribution in [1.82, 2.24) is 9.80 Å². The summed E-state index contributed by atoms with van der Waals surface area (Å²) in [5, 5.41) is 8.62. The number of hydrogen-bond acceptors (Lipinski definition) is 3. The zero-order chi connectivity index (χ0) is 9.68. The number of hydrogen-bond donors (Lipinski definition) is 1. The summed E-state index contributed by atoms with van der Waals surface area (Å²) in [7, 11) is 0. The van der Waals surface area contributed by atoms with Crippen LogP contribution in [0.1, 0.15) is 19.8 Å². The quantitative estimate of drug-likeness (QED) is 0.692. The summed E-state index contributed by atoms with van der Waals surface area (Å²) in [5.41, 5.74) is 0. The maximum Gasteiger partial charge on any atom is 0.317 e. The number of aliphatic carboxylic acids is 1. The zero-order valence-corrected chi connectivity index (χ0v) is 8.20. The first kappa shape index (κ1) is 10.5. The molecule has 0 radical (unpaired) electrons. The van der Waals surface area contributed by atoms with Gasteiger partial charge in [-0.05, 0) is 19.4 Å². The summed E-state index contributed by atoms with van der Waals surface area (Å²) < 4.78 is 0. The number of carbonyl (C=O) groups is 1. The molecule has 1 aliphatic rings. The molecule has 76 valence electrons. The molecule has 1 fully saturated rings. The van der Waals surface area contributed by atoms with Crippen molar-refractivity contribution < 1.29 is 9.90 Å². The number of nitrogens with zero attached hydrogens (tertiary/aromatic N) is 2. The van der Waals surface area contributed by atoms with Crippen molar-refractivity contribution in [3.63, 3.8) is 0 Å². The molecule has 1 heterocycles. The molecule has 0 aromatic carbocycles. The third-order valence-electron chi connectivity index (χ3n) is 2.25. The van der Waals surface area contributed by atoms with Gasteiger partial charge in [0, 0.05) is 13.1 Å². The van der Waals surface area contributed by atoms with Crippen LogP contribution < -0.4 is 0 Å². The lowest BCUT2D eigenvalue weighted by Crippen LogP contribution is -2.46. The van der Waals surface area contributed by atoms with Gasteiger partial charge in [0.15, 0.2) is 0 Å². The Bertz CT molecular complexity index is 171. The van der Waals surface area contributed by atoms with Gasteiger partial charge in [0.1, 0.15) is 0 Å². The van der Waals surface area contributed by atoms with E-state index in [0.717, 1.165) is 39.1 Å². The van der Waals surface area contributed by atoms with Gasteiger partial charge < -0.3 is 5.11 Å². The van der Waals surface area contributed by atoms with Crippen molar-refractivity contribution in [3.8, 4) is 0 Å². The second kappa shape index (κ2) is 5.19. The molecule has 1 aliphatic heterocycles. The Morgan fingerprint density at radius 3 is 2.69 bits per heavy atom. The Morgan fingerprint density at radius 1 is 1.38 bits per heavy atom. The van der Waals surface area contributed by atoms with Crippen molar-refractivity contribution >= 4 is 5.97 Å². The maximum atomic E-state index is 10.5. The lowest BCUT2D eigenvalue weighted by atomic mass is 10.3. The van der Waals surface area contributed by atoms with Gasteiger partial charge in [-0.15, -0.1) is 0 Å². The van der Waals surface area contributed by atoms with Gasteiger partial charge in [0.2, 0.25) is 0 Å². The molecule has 4 nitrogen and oxygen atoms in total. The largest absolute Gasteiger partial charge is 0.480 e. The van der Waals surface area contributed by atoms with E-state index in [0.29, 0.717) is 0 Å². The van der Waals surface area contributed by atoms with Crippen LogP contribution in [-0.4, -0.2) is 53.7 Å². The van der Waals surface area contributed by atoms with Crippen LogP contribution in [0.2, 0.25) is 0 Å². The molecule has 1 rings (SSSR count). The third-order valence-corrected chi connectivity index (χ3v) is 2.25. The van der Waals surface area contributed by atoms with E-state index in [4.69, 9.17) is 5.11 Å². The monoisotopic (exact) mass is 186 g/mol. The van der Waals surface area contributed by atoms with Gasteiger partial charge in [-0.2, -0.15) is 0 Å². The van der Waals surface area contributed by atoms with Crippen LogP contribution in [0.3, 0.4) is 0 Å². The molecular formula is C9H18N2O2. The molecule has 1 saturated heterocycles. The lowest BCUT2D eigenvalue weighted by molar-refractivity contribution is -0.139. The first-order valence-corrected chi connectivity index (χ1v) is 4.89. The average molecular weight is 186 g/mol.